The Hall–Kier alpha value is -2.48. The Bertz CT molecular complexity index is 758. The quantitative estimate of drug-likeness (QED) is 0.792. The van der Waals surface area contributed by atoms with E-state index in [1.807, 2.05) is 6.92 Å². The minimum Gasteiger partial charge on any atom is -0.495 e. The molecule has 1 atom stereocenters. The molecular weight excluding hydrogens is 337 g/mol. The fourth-order valence-electron chi connectivity index (χ4n) is 3.02. The minimum atomic E-state index is -0.611. The maximum atomic E-state index is 14.6. The Morgan fingerprint density at radius 1 is 1.42 bits per heavy atom. The zero-order valence-electron chi connectivity index (χ0n) is 15.1. The average Bonchev–Trinajstić information content (AvgIpc) is 3.30. The van der Waals surface area contributed by atoms with Crippen molar-refractivity contribution < 1.29 is 13.9 Å². The van der Waals surface area contributed by atoms with Crippen LogP contribution in [0.5, 0.6) is 5.75 Å². The molecule has 0 saturated carbocycles. The monoisotopic (exact) mass is 361 g/mol. The number of aromatic amines is 1. The van der Waals surface area contributed by atoms with Gasteiger partial charge in [-0.2, -0.15) is 5.10 Å². The van der Waals surface area contributed by atoms with Crippen molar-refractivity contribution in [2.24, 2.45) is 5.92 Å². The molecule has 8 heteroatoms. The van der Waals surface area contributed by atoms with Crippen molar-refractivity contribution in [3.05, 3.63) is 24.3 Å². The highest BCUT2D eigenvalue weighted by Crippen LogP contribution is 2.27. The van der Waals surface area contributed by atoms with Crippen molar-refractivity contribution >= 4 is 11.7 Å². The van der Waals surface area contributed by atoms with Gasteiger partial charge in [-0.1, -0.05) is 6.92 Å². The largest absolute Gasteiger partial charge is 0.495 e. The van der Waals surface area contributed by atoms with Crippen molar-refractivity contribution in [2.45, 2.75) is 26.2 Å². The molecule has 0 aliphatic carbocycles. The molecule has 0 spiro atoms. The van der Waals surface area contributed by atoms with Crippen LogP contribution in [0.15, 0.2) is 18.5 Å². The Morgan fingerprint density at radius 3 is 2.92 bits per heavy atom. The lowest BCUT2D eigenvalue weighted by atomic mass is 10.1. The number of hydrogen-bond acceptors (Lipinski definition) is 5. The van der Waals surface area contributed by atoms with Gasteiger partial charge in [0.1, 0.15) is 11.4 Å². The minimum absolute atomic E-state index is 0.0964. The smallest absolute Gasteiger partial charge is 0.228 e. The van der Waals surface area contributed by atoms with E-state index in [0.717, 1.165) is 26.1 Å². The van der Waals surface area contributed by atoms with Crippen molar-refractivity contribution in [3.63, 3.8) is 0 Å². The zero-order valence-corrected chi connectivity index (χ0v) is 15.1. The second-order valence-electron chi connectivity index (χ2n) is 6.60. The van der Waals surface area contributed by atoms with Crippen LogP contribution in [0.2, 0.25) is 0 Å². The van der Waals surface area contributed by atoms with Gasteiger partial charge >= 0.3 is 0 Å². The molecule has 0 aromatic carbocycles. The Kier molecular flexibility index (Phi) is 5.82. The summed E-state index contributed by atoms with van der Waals surface area (Å²) >= 11 is 0. The molecule has 1 aliphatic rings. The third-order valence-electron chi connectivity index (χ3n) is 4.71. The van der Waals surface area contributed by atoms with Gasteiger partial charge in [-0.25, -0.2) is 4.39 Å². The highest BCUT2D eigenvalue weighted by atomic mass is 19.1. The summed E-state index contributed by atoms with van der Waals surface area (Å²) in [5, 5.41) is 9.09. The number of carbonyl (C=O) groups excluding carboxylic acids is 1. The van der Waals surface area contributed by atoms with Gasteiger partial charge in [0.2, 0.25) is 5.91 Å². The molecule has 1 unspecified atom stereocenters. The number of nitrogens with one attached hydrogen (secondary N) is 2. The highest BCUT2D eigenvalue weighted by molar-refractivity contribution is 5.92. The van der Waals surface area contributed by atoms with E-state index in [9.17, 15) is 9.18 Å². The number of anilines is 1. The van der Waals surface area contributed by atoms with Crippen LogP contribution >= 0.6 is 0 Å². The molecule has 1 saturated heterocycles. The number of rotatable bonds is 7. The van der Waals surface area contributed by atoms with Gasteiger partial charge in [0.05, 0.1) is 13.3 Å². The number of hydrogen-bond donors (Lipinski definition) is 2. The van der Waals surface area contributed by atoms with Gasteiger partial charge in [0.25, 0.3) is 0 Å². The normalized spacial score (nSPS) is 15.8. The molecule has 2 N–H and O–H groups in total. The number of carbonyl (C=O) groups is 1. The maximum absolute atomic E-state index is 14.6. The van der Waals surface area contributed by atoms with E-state index in [-0.39, 0.29) is 23.3 Å². The van der Waals surface area contributed by atoms with Gasteiger partial charge < -0.3 is 15.0 Å². The topological polar surface area (TPSA) is 83.1 Å². The summed E-state index contributed by atoms with van der Waals surface area (Å²) in [5.74, 6) is -0.642. The van der Waals surface area contributed by atoms with Crippen LogP contribution in [0.1, 0.15) is 26.2 Å². The summed E-state index contributed by atoms with van der Waals surface area (Å²) in [6.07, 6.45) is 6.22. The fourth-order valence-corrected chi connectivity index (χ4v) is 3.02. The molecule has 7 nitrogen and oxygen atoms in total. The Morgan fingerprint density at radius 2 is 2.19 bits per heavy atom. The molecule has 3 rings (SSSR count). The zero-order chi connectivity index (χ0) is 18.5. The van der Waals surface area contributed by atoms with E-state index in [1.165, 1.54) is 32.3 Å². The van der Waals surface area contributed by atoms with Crippen LogP contribution < -0.4 is 10.1 Å². The first-order valence-corrected chi connectivity index (χ1v) is 8.85. The number of nitrogens with zero attached hydrogens (tertiary/aromatic N) is 3. The van der Waals surface area contributed by atoms with Gasteiger partial charge in [0.15, 0.2) is 11.6 Å². The van der Waals surface area contributed by atoms with Gasteiger partial charge in [-0.15, -0.1) is 0 Å². The number of halogens is 1. The number of likely N-dealkylation sites (tertiary alicyclic amines) is 1. The van der Waals surface area contributed by atoms with E-state index >= 15 is 0 Å². The summed E-state index contributed by atoms with van der Waals surface area (Å²) in [7, 11) is 1.51. The summed E-state index contributed by atoms with van der Waals surface area (Å²) < 4.78 is 19.7. The van der Waals surface area contributed by atoms with Gasteiger partial charge in [-0.3, -0.25) is 14.9 Å². The highest BCUT2D eigenvalue weighted by Gasteiger charge is 2.21. The fraction of sp³-hybridized carbons (Fsp3) is 0.500. The number of amides is 1. The summed E-state index contributed by atoms with van der Waals surface area (Å²) in [6, 6.07) is 1.65. The Labute approximate surface area is 151 Å². The Balaban J connectivity index is 1.62. The van der Waals surface area contributed by atoms with Crippen LogP contribution in [0.4, 0.5) is 10.2 Å². The third-order valence-corrected chi connectivity index (χ3v) is 4.71. The number of ether oxygens (including phenoxy) is 1. The maximum Gasteiger partial charge on any atom is 0.228 e. The first kappa shape index (κ1) is 18.3. The SMILES string of the molecule is COc1cncc(-c2[nH]nc(NC(=O)C(C)CCN3CCCC3)c2F)c1. The number of methoxy groups -OCH3 is 1. The second kappa shape index (κ2) is 8.27. The van der Waals surface area contributed by atoms with Gasteiger partial charge in [-0.05, 0) is 45.0 Å². The van der Waals surface area contributed by atoms with E-state index in [2.05, 4.69) is 25.4 Å². The molecule has 1 aliphatic heterocycles. The molecule has 3 heterocycles. The third kappa shape index (κ3) is 4.19. The molecule has 1 fully saturated rings. The molecule has 2 aromatic rings. The molecule has 1 amide bonds. The molecule has 26 heavy (non-hydrogen) atoms. The molecule has 0 bridgehead atoms. The van der Waals surface area contributed by atoms with Crippen molar-refractivity contribution in [1.82, 2.24) is 20.1 Å². The van der Waals surface area contributed by atoms with Crippen LogP contribution in [-0.2, 0) is 4.79 Å². The first-order chi connectivity index (χ1) is 12.6. The van der Waals surface area contributed by atoms with E-state index in [1.54, 1.807) is 6.07 Å². The summed E-state index contributed by atoms with van der Waals surface area (Å²) in [5.41, 5.74) is 0.661. The molecule has 2 aromatic heterocycles. The van der Waals surface area contributed by atoms with E-state index in [0.29, 0.717) is 11.3 Å². The average molecular weight is 361 g/mol. The van der Waals surface area contributed by atoms with Crippen LogP contribution in [-0.4, -0.2) is 52.7 Å². The van der Waals surface area contributed by atoms with Crippen molar-refractivity contribution in [1.29, 1.82) is 0 Å². The van der Waals surface area contributed by atoms with E-state index < -0.39 is 5.82 Å². The lowest BCUT2D eigenvalue weighted by Gasteiger charge is -2.17. The number of aromatic nitrogens is 3. The standard InChI is InChI=1S/C18H24FN5O2/c1-12(5-8-24-6-3-4-7-24)18(25)21-17-15(19)16(22-23-17)13-9-14(26-2)11-20-10-13/h9-12H,3-8H2,1-2H3,(H2,21,22,23,25). The molecular formula is C18H24FN5O2. The van der Waals surface area contributed by atoms with Crippen molar-refractivity contribution in [3.8, 4) is 17.0 Å². The summed E-state index contributed by atoms with van der Waals surface area (Å²) in [6.45, 7) is 4.93. The van der Waals surface area contributed by atoms with Crippen LogP contribution in [0.3, 0.4) is 0 Å². The van der Waals surface area contributed by atoms with Crippen molar-refractivity contribution in [2.75, 3.05) is 32.1 Å². The number of pyridine rings is 1. The van der Waals surface area contributed by atoms with E-state index in [4.69, 9.17) is 4.74 Å². The van der Waals surface area contributed by atoms with Crippen LogP contribution in [0.25, 0.3) is 11.3 Å². The second-order valence-corrected chi connectivity index (χ2v) is 6.60. The van der Waals surface area contributed by atoms with Gasteiger partial charge in [0, 0.05) is 17.7 Å². The lowest BCUT2D eigenvalue weighted by molar-refractivity contribution is -0.119. The lowest BCUT2D eigenvalue weighted by Crippen LogP contribution is -2.27. The molecule has 0 radical (unpaired) electrons. The summed E-state index contributed by atoms with van der Waals surface area (Å²) in [4.78, 5) is 18.7. The number of H-pyrrole nitrogens is 1. The molecule has 140 valence electrons. The predicted octanol–water partition coefficient (Wildman–Crippen LogP) is 2.68. The first-order valence-electron chi connectivity index (χ1n) is 8.85. The predicted molar refractivity (Wildman–Crippen MR) is 96.4 cm³/mol. The van der Waals surface area contributed by atoms with Crippen LogP contribution in [0, 0.1) is 11.7 Å².